The highest BCUT2D eigenvalue weighted by molar-refractivity contribution is 5.36. The molecule has 54 valence electrons. The van der Waals surface area contributed by atoms with Gasteiger partial charge in [-0.25, -0.2) is 0 Å². The zero-order chi connectivity index (χ0) is 7.70. The fourth-order valence-corrected chi connectivity index (χ4v) is 0. The van der Waals surface area contributed by atoms with Crippen LogP contribution in [0.1, 0.15) is 6.92 Å². The maximum absolute atomic E-state index is 8.95. The van der Waals surface area contributed by atoms with Crippen LogP contribution in [0, 0.1) is 0 Å². The maximum atomic E-state index is 8.95. The van der Waals surface area contributed by atoms with Gasteiger partial charge < -0.3 is 10.1 Å². The molecule has 0 aromatic heterocycles. The van der Waals surface area contributed by atoms with E-state index in [0.29, 0.717) is 6.47 Å². The van der Waals surface area contributed by atoms with Gasteiger partial charge in [0, 0.05) is 7.05 Å². The molecule has 0 atom stereocenters. The van der Waals surface area contributed by atoms with Crippen LogP contribution in [0.4, 0.5) is 0 Å². The summed E-state index contributed by atoms with van der Waals surface area (Å²) in [6.07, 6.45) is 0. The van der Waals surface area contributed by atoms with Gasteiger partial charge in [0.15, 0.2) is 0 Å². The molecule has 0 amide bonds. The molecule has 3 nitrogen and oxygen atoms in total. The maximum Gasteiger partial charge on any atom is 0.292 e. The first-order chi connectivity index (χ1) is 4.18. The molecule has 9 heavy (non-hydrogen) atoms. The van der Waals surface area contributed by atoms with Gasteiger partial charge in [-0.2, -0.15) is 0 Å². The number of allylic oxidation sites excluding steroid dienone is 1. The number of carbonyl (C=O) groups excluding carboxylic acids is 1. The van der Waals surface area contributed by atoms with Crippen molar-refractivity contribution in [2.75, 3.05) is 14.2 Å². The van der Waals surface area contributed by atoms with Crippen LogP contribution in [-0.2, 0) is 9.53 Å². The summed E-state index contributed by atoms with van der Waals surface area (Å²) >= 11 is 0. The Kier molecular flexibility index (Phi) is 12.2. The Hall–Kier alpha value is -0.990. The molecule has 0 rings (SSSR count). The summed E-state index contributed by atoms with van der Waals surface area (Å²) in [5, 5.41) is 2.83. The van der Waals surface area contributed by atoms with Crippen molar-refractivity contribution in [3.05, 3.63) is 12.3 Å². The lowest BCUT2D eigenvalue weighted by atomic mass is 10.6. The van der Waals surface area contributed by atoms with Crippen molar-refractivity contribution in [1.29, 1.82) is 0 Å². The number of rotatable bonds is 2. The molecule has 0 bridgehead atoms. The standard InChI is InChI=1S/C4H9N.C2H4O2/c1-4(2)5-3;1-4-2-3/h5H,1H2,2-3H3;2H,1H3. The lowest BCUT2D eigenvalue weighted by Crippen LogP contribution is -1.98. The molecule has 3 heteroatoms. The molecule has 0 aromatic rings. The first-order valence-corrected chi connectivity index (χ1v) is 2.48. The Morgan fingerprint density at radius 3 is 2.00 bits per heavy atom. The van der Waals surface area contributed by atoms with Crippen molar-refractivity contribution in [3.8, 4) is 0 Å². The number of hydrogen-bond donors (Lipinski definition) is 1. The summed E-state index contributed by atoms with van der Waals surface area (Å²) in [7, 11) is 3.16. The van der Waals surface area contributed by atoms with E-state index < -0.39 is 0 Å². The molecule has 0 aliphatic rings. The largest absolute Gasteiger partial charge is 0.471 e. The quantitative estimate of drug-likeness (QED) is 0.555. The zero-order valence-electron chi connectivity index (χ0n) is 6.10. The molecule has 0 saturated carbocycles. The van der Waals surface area contributed by atoms with E-state index in [9.17, 15) is 0 Å². The summed E-state index contributed by atoms with van der Waals surface area (Å²) in [5.41, 5.74) is 1.00. The Balaban J connectivity index is 0. The molecular weight excluding hydrogens is 118 g/mol. The highest BCUT2D eigenvalue weighted by Gasteiger charge is 1.62. The number of methoxy groups -OCH3 is 1. The third-order valence-electron chi connectivity index (χ3n) is 0.523. The van der Waals surface area contributed by atoms with Gasteiger partial charge in [-0.05, 0) is 12.6 Å². The predicted molar refractivity (Wildman–Crippen MR) is 36.9 cm³/mol. The third kappa shape index (κ3) is 43.6. The van der Waals surface area contributed by atoms with Crippen LogP contribution < -0.4 is 5.32 Å². The normalized spacial score (nSPS) is 6.11. The molecule has 0 fully saturated rings. The van der Waals surface area contributed by atoms with Crippen molar-refractivity contribution in [3.63, 3.8) is 0 Å². The highest BCUT2D eigenvalue weighted by atomic mass is 16.5. The molecule has 0 aliphatic heterocycles. The second-order valence-electron chi connectivity index (χ2n) is 1.36. The first-order valence-electron chi connectivity index (χ1n) is 2.48. The average Bonchev–Trinajstić information content (AvgIpc) is 1.89. The fraction of sp³-hybridized carbons (Fsp3) is 0.500. The van der Waals surface area contributed by atoms with Gasteiger partial charge in [0.05, 0.1) is 7.11 Å². The lowest BCUT2D eigenvalue weighted by molar-refractivity contribution is -0.126. The van der Waals surface area contributed by atoms with Crippen LogP contribution >= 0.6 is 0 Å². The van der Waals surface area contributed by atoms with Crippen molar-refractivity contribution in [1.82, 2.24) is 5.32 Å². The second-order valence-corrected chi connectivity index (χ2v) is 1.36. The molecular formula is C6H13NO2. The van der Waals surface area contributed by atoms with Crippen molar-refractivity contribution in [2.45, 2.75) is 6.92 Å². The van der Waals surface area contributed by atoms with Crippen LogP contribution in [0.25, 0.3) is 0 Å². The van der Waals surface area contributed by atoms with Crippen LogP contribution in [0.3, 0.4) is 0 Å². The molecule has 0 aliphatic carbocycles. The van der Waals surface area contributed by atoms with Gasteiger partial charge in [0.25, 0.3) is 6.47 Å². The van der Waals surface area contributed by atoms with Gasteiger partial charge in [0.2, 0.25) is 0 Å². The number of hydrogen-bond acceptors (Lipinski definition) is 3. The molecule has 0 spiro atoms. The summed E-state index contributed by atoms with van der Waals surface area (Å²) in [6, 6.07) is 0. The summed E-state index contributed by atoms with van der Waals surface area (Å²) < 4.78 is 3.86. The van der Waals surface area contributed by atoms with E-state index in [1.165, 1.54) is 7.11 Å². The summed E-state index contributed by atoms with van der Waals surface area (Å²) in [5.74, 6) is 0. The minimum Gasteiger partial charge on any atom is -0.471 e. The minimum atomic E-state index is 0.375. The highest BCUT2D eigenvalue weighted by Crippen LogP contribution is 1.68. The molecule has 0 saturated heterocycles. The van der Waals surface area contributed by atoms with Crippen molar-refractivity contribution >= 4 is 6.47 Å². The number of carbonyl (C=O) groups is 1. The van der Waals surface area contributed by atoms with Gasteiger partial charge in [-0.1, -0.05) is 6.58 Å². The van der Waals surface area contributed by atoms with E-state index in [1.54, 1.807) is 0 Å². The van der Waals surface area contributed by atoms with Gasteiger partial charge in [-0.15, -0.1) is 0 Å². The molecule has 0 aromatic carbocycles. The van der Waals surface area contributed by atoms with Gasteiger partial charge in [0.1, 0.15) is 0 Å². The number of nitrogens with one attached hydrogen (secondary N) is 1. The minimum absolute atomic E-state index is 0.375. The molecule has 0 unspecified atom stereocenters. The Labute approximate surface area is 55.7 Å². The lowest BCUT2D eigenvalue weighted by Gasteiger charge is -1.87. The smallest absolute Gasteiger partial charge is 0.292 e. The second kappa shape index (κ2) is 10.1. The fourth-order valence-electron chi connectivity index (χ4n) is 0. The van der Waals surface area contributed by atoms with Gasteiger partial charge >= 0.3 is 0 Å². The van der Waals surface area contributed by atoms with E-state index in [4.69, 9.17) is 4.79 Å². The van der Waals surface area contributed by atoms with Gasteiger partial charge in [-0.3, -0.25) is 4.79 Å². The average molecular weight is 131 g/mol. The Morgan fingerprint density at radius 2 is 2.00 bits per heavy atom. The van der Waals surface area contributed by atoms with Crippen molar-refractivity contribution < 1.29 is 9.53 Å². The third-order valence-corrected chi connectivity index (χ3v) is 0.523. The van der Waals surface area contributed by atoms with E-state index in [1.807, 2.05) is 14.0 Å². The first kappa shape index (κ1) is 10.9. The molecule has 0 heterocycles. The summed E-state index contributed by atoms with van der Waals surface area (Å²) in [6.45, 7) is 5.85. The van der Waals surface area contributed by atoms with Crippen LogP contribution in [-0.4, -0.2) is 20.6 Å². The van der Waals surface area contributed by atoms with E-state index >= 15 is 0 Å². The predicted octanol–water partition coefficient (Wildman–Crippen LogP) is 0.529. The summed E-state index contributed by atoms with van der Waals surface area (Å²) in [4.78, 5) is 8.95. The van der Waals surface area contributed by atoms with E-state index in [-0.39, 0.29) is 0 Å². The Bertz CT molecular complexity index is 81.1. The Morgan fingerprint density at radius 1 is 1.78 bits per heavy atom. The SMILES string of the molecule is C=C(C)NC.COC=O. The van der Waals surface area contributed by atoms with Crippen LogP contribution in [0.5, 0.6) is 0 Å². The topological polar surface area (TPSA) is 38.3 Å². The van der Waals surface area contributed by atoms with Crippen LogP contribution in [0.15, 0.2) is 12.3 Å². The number of ether oxygens (including phenoxy) is 1. The zero-order valence-corrected chi connectivity index (χ0v) is 6.10. The van der Waals surface area contributed by atoms with E-state index in [0.717, 1.165) is 5.70 Å². The molecule has 1 N–H and O–H groups in total. The van der Waals surface area contributed by atoms with Crippen molar-refractivity contribution in [2.24, 2.45) is 0 Å². The van der Waals surface area contributed by atoms with E-state index in [2.05, 4.69) is 16.6 Å². The molecule has 0 radical (unpaired) electrons. The van der Waals surface area contributed by atoms with Crippen LogP contribution in [0.2, 0.25) is 0 Å². The monoisotopic (exact) mass is 131 g/mol.